The number of aromatic nitrogens is 1. The summed E-state index contributed by atoms with van der Waals surface area (Å²) < 4.78 is 0. The first-order chi connectivity index (χ1) is 25.2. The van der Waals surface area contributed by atoms with E-state index in [1.807, 2.05) is 20.8 Å². The second-order valence-corrected chi connectivity index (χ2v) is 16.3. The second-order valence-electron chi connectivity index (χ2n) is 16.3. The summed E-state index contributed by atoms with van der Waals surface area (Å²) in [4.78, 5) is 100.0. The zero-order chi connectivity index (χ0) is 38.6. The summed E-state index contributed by atoms with van der Waals surface area (Å²) in [6.07, 6.45) is 10.8. The number of ketones is 2. The molecule has 1 aromatic heterocycles. The highest BCUT2D eigenvalue weighted by molar-refractivity contribution is 6.38. The molecule has 4 fully saturated rings. The van der Waals surface area contributed by atoms with Gasteiger partial charge in [0.2, 0.25) is 23.5 Å². The van der Waals surface area contributed by atoms with Gasteiger partial charge in [0.15, 0.2) is 5.78 Å². The molecule has 53 heavy (non-hydrogen) atoms. The maximum absolute atomic E-state index is 14.7. The van der Waals surface area contributed by atoms with E-state index in [-0.39, 0.29) is 47.2 Å². The van der Waals surface area contributed by atoms with Crippen LogP contribution in [0.15, 0.2) is 0 Å². The van der Waals surface area contributed by atoms with Crippen LogP contribution in [-0.2, 0) is 24.0 Å². The molecule has 5 rings (SSSR count). The molecule has 0 radical (unpaired) electrons. The number of nitrogens with zero attached hydrogens (tertiary/aromatic N) is 1. The average Bonchev–Trinajstić information content (AvgIpc) is 3.78. The number of nitrogens with one attached hydrogen (secondary N) is 5. The van der Waals surface area contributed by atoms with Gasteiger partial charge in [0.1, 0.15) is 23.8 Å². The van der Waals surface area contributed by atoms with Gasteiger partial charge in [-0.1, -0.05) is 59.3 Å². The first-order valence-electron chi connectivity index (χ1n) is 20.0. The van der Waals surface area contributed by atoms with Crippen LogP contribution in [0.2, 0.25) is 0 Å². The van der Waals surface area contributed by atoms with Gasteiger partial charge in [0, 0.05) is 17.8 Å². The number of fused-ring (bicyclic) bond motifs is 1. The third-order valence-electron chi connectivity index (χ3n) is 12.0. The molecule has 5 N–H and O–H groups in total. The number of Topliss-reactive ketones (excluding diaryl/α,β-unsaturated/α-hetero) is 2. The van der Waals surface area contributed by atoms with Crippen molar-refractivity contribution in [3.05, 3.63) is 22.5 Å². The van der Waals surface area contributed by atoms with Gasteiger partial charge < -0.3 is 31.2 Å². The Morgan fingerprint density at radius 2 is 1.51 bits per heavy atom. The molecule has 0 spiro atoms. The van der Waals surface area contributed by atoms with Crippen LogP contribution in [0.25, 0.3) is 0 Å². The number of rotatable bonds is 15. The van der Waals surface area contributed by atoms with Gasteiger partial charge in [0.05, 0.1) is 11.6 Å². The lowest BCUT2D eigenvalue weighted by molar-refractivity contribution is -0.146. The van der Waals surface area contributed by atoms with E-state index in [2.05, 4.69) is 26.3 Å². The lowest BCUT2D eigenvalue weighted by Gasteiger charge is -2.38. The van der Waals surface area contributed by atoms with E-state index in [4.69, 9.17) is 0 Å². The number of carbonyl (C=O) groups excluding carboxylic acids is 7. The Kier molecular flexibility index (Phi) is 13.2. The van der Waals surface area contributed by atoms with Crippen molar-refractivity contribution in [2.45, 2.75) is 168 Å². The molecule has 13 nitrogen and oxygen atoms in total. The van der Waals surface area contributed by atoms with E-state index < -0.39 is 53.6 Å². The Bertz CT molecular complexity index is 1570. The second kappa shape index (κ2) is 17.4. The van der Waals surface area contributed by atoms with Crippen molar-refractivity contribution in [1.29, 1.82) is 0 Å². The predicted molar refractivity (Wildman–Crippen MR) is 199 cm³/mol. The lowest BCUT2D eigenvalue weighted by Crippen LogP contribution is -2.61. The summed E-state index contributed by atoms with van der Waals surface area (Å²) in [5, 5.41) is 11.5. The number of hydrogen-bond donors (Lipinski definition) is 5. The van der Waals surface area contributed by atoms with Crippen molar-refractivity contribution in [3.8, 4) is 0 Å². The lowest BCUT2D eigenvalue weighted by atomic mass is 9.83. The fraction of sp³-hybridized carbons (Fsp3) is 0.725. The minimum absolute atomic E-state index is 0.00425. The Labute approximate surface area is 313 Å². The number of aromatic amines is 1. The van der Waals surface area contributed by atoms with Gasteiger partial charge in [-0.2, -0.15) is 0 Å². The quantitative estimate of drug-likeness (QED) is 0.133. The Balaban J connectivity index is 1.38. The molecule has 1 saturated heterocycles. The largest absolute Gasteiger partial charge is 0.354 e. The Morgan fingerprint density at radius 1 is 0.849 bits per heavy atom. The molecule has 5 amide bonds. The molecule has 2 heterocycles. The van der Waals surface area contributed by atoms with Crippen molar-refractivity contribution < 1.29 is 33.6 Å². The third-order valence-corrected chi connectivity index (χ3v) is 12.0. The molecule has 6 atom stereocenters. The van der Waals surface area contributed by atoms with Crippen molar-refractivity contribution >= 4 is 41.1 Å². The summed E-state index contributed by atoms with van der Waals surface area (Å²) in [6.45, 7) is 10.6. The monoisotopic (exact) mass is 736 g/mol. The SMILES string of the molecule is CCC[C@H](NC(=O)[C@@H]1CC2CCCCC2N1C(=O)[C@@H](NC(=O)C(NC(=O)c1[nH]c(C)c(C)c1C(C)=O)C1CCCCC1)C(C)C)C(=O)C(=O)NC1CC1. The van der Waals surface area contributed by atoms with E-state index in [1.54, 1.807) is 18.7 Å². The molecule has 292 valence electrons. The van der Waals surface area contributed by atoms with E-state index >= 15 is 0 Å². The van der Waals surface area contributed by atoms with E-state index in [1.165, 1.54) is 6.92 Å². The number of hydrogen-bond acceptors (Lipinski definition) is 7. The smallest absolute Gasteiger partial charge is 0.289 e. The van der Waals surface area contributed by atoms with Gasteiger partial charge in [-0.05, 0) is 95.5 Å². The van der Waals surface area contributed by atoms with Crippen LogP contribution in [-0.4, -0.2) is 87.2 Å². The number of H-pyrrole nitrogens is 1. The summed E-state index contributed by atoms with van der Waals surface area (Å²) in [5.74, 6) is -3.88. The summed E-state index contributed by atoms with van der Waals surface area (Å²) in [6, 6.07) is -3.97. The van der Waals surface area contributed by atoms with Crippen LogP contribution < -0.4 is 21.3 Å². The molecule has 0 bridgehead atoms. The molecule has 3 unspecified atom stereocenters. The van der Waals surface area contributed by atoms with E-state index in [0.717, 1.165) is 70.6 Å². The molecule has 1 aliphatic heterocycles. The fourth-order valence-electron chi connectivity index (χ4n) is 8.80. The van der Waals surface area contributed by atoms with E-state index in [0.29, 0.717) is 36.1 Å². The van der Waals surface area contributed by atoms with Gasteiger partial charge in [-0.25, -0.2) is 0 Å². The normalized spacial score (nSPS) is 23.4. The van der Waals surface area contributed by atoms with Crippen LogP contribution in [0.3, 0.4) is 0 Å². The Morgan fingerprint density at radius 3 is 2.13 bits per heavy atom. The zero-order valence-electron chi connectivity index (χ0n) is 32.4. The topological polar surface area (TPSA) is 187 Å². The van der Waals surface area contributed by atoms with Gasteiger partial charge >= 0.3 is 0 Å². The maximum Gasteiger partial charge on any atom is 0.289 e. The van der Waals surface area contributed by atoms with Crippen molar-refractivity contribution in [3.63, 3.8) is 0 Å². The fourth-order valence-corrected chi connectivity index (χ4v) is 8.80. The Hall–Kier alpha value is -4.03. The third kappa shape index (κ3) is 9.20. The predicted octanol–water partition coefficient (Wildman–Crippen LogP) is 3.95. The van der Waals surface area contributed by atoms with Gasteiger partial charge in [0.25, 0.3) is 11.8 Å². The van der Waals surface area contributed by atoms with Crippen LogP contribution in [0, 0.1) is 31.6 Å². The van der Waals surface area contributed by atoms with E-state index in [9.17, 15) is 33.6 Å². The average molecular weight is 737 g/mol. The summed E-state index contributed by atoms with van der Waals surface area (Å²) >= 11 is 0. The van der Waals surface area contributed by atoms with Crippen molar-refractivity contribution in [2.75, 3.05) is 0 Å². The zero-order valence-corrected chi connectivity index (χ0v) is 32.4. The number of aryl methyl sites for hydroxylation is 1. The summed E-state index contributed by atoms with van der Waals surface area (Å²) in [7, 11) is 0. The molecule has 1 aromatic rings. The van der Waals surface area contributed by atoms with Crippen molar-refractivity contribution in [1.82, 2.24) is 31.2 Å². The standard InChI is InChI=1S/C40H60N6O7/c1-7-13-28(35(48)39(52)42-27-18-19-27)43-36(49)30-20-26-16-11-12-17-29(26)46(30)40(53)32(21(2)3)44-37(50)33(25-14-9-8-10-15-25)45-38(51)34-31(24(6)47)22(4)23(5)41-34/h21,25-30,32-33,41H,7-20H2,1-6H3,(H,42,52)(H,43,49)(H,44,50)(H,45,51)/t26?,28-,29?,30-,32-,33?/m0/s1. The molecular formula is C40H60N6O7. The van der Waals surface area contributed by atoms with Gasteiger partial charge in [-0.15, -0.1) is 0 Å². The molecule has 0 aromatic carbocycles. The summed E-state index contributed by atoms with van der Waals surface area (Å²) in [5.41, 5.74) is 1.80. The number of amides is 5. The van der Waals surface area contributed by atoms with Crippen molar-refractivity contribution in [2.24, 2.45) is 17.8 Å². The molecule has 4 aliphatic rings. The minimum Gasteiger partial charge on any atom is -0.354 e. The minimum atomic E-state index is -0.998. The number of carbonyl (C=O) groups is 7. The van der Waals surface area contributed by atoms with Crippen LogP contribution in [0.4, 0.5) is 0 Å². The highest BCUT2D eigenvalue weighted by atomic mass is 16.2. The first-order valence-corrected chi connectivity index (χ1v) is 20.0. The van der Waals surface area contributed by atoms with Crippen LogP contribution in [0.5, 0.6) is 0 Å². The highest BCUT2D eigenvalue weighted by Crippen LogP contribution is 2.40. The highest BCUT2D eigenvalue weighted by Gasteiger charge is 2.50. The maximum atomic E-state index is 14.7. The van der Waals surface area contributed by atoms with Crippen LogP contribution in [0.1, 0.15) is 150 Å². The molecule has 3 saturated carbocycles. The molecule has 13 heteroatoms. The molecule has 3 aliphatic carbocycles. The van der Waals surface area contributed by atoms with Gasteiger partial charge in [-0.3, -0.25) is 33.6 Å². The van der Waals surface area contributed by atoms with Crippen LogP contribution >= 0.6 is 0 Å². The molecular weight excluding hydrogens is 676 g/mol. The first kappa shape index (κ1) is 40.2. The number of likely N-dealkylation sites (tertiary alicyclic amines) is 1.